The summed E-state index contributed by atoms with van der Waals surface area (Å²) in [6, 6.07) is 5.85. The molecule has 0 aliphatic heterocycles. The van der Waals surface area contributed by atoms with Gasteiger partial charge in [0.1, 0.15) is 5.75 Å². The summed E-state index contributed by atoms with van der Waals surface area (Å²) in [7, 11) is 1.64. The van der Waals surface area contributed by atoms with E-state index in [9.17, 15) is 4.79 Å². The molecule has 0 atom stereocenters. The predicted octanol–water partition coefficient (Wildman–Crippen LogP) is 1.86. The van der Waals surface area contributed by atoms with Crippen LogP contribution in [-0.2, 0) is 11.2 Å². The SMILES string of the molecule is C#CCNC(=O)CCc1c[nH]c2ccc(OC)cc12. The maximum atomic E-state index is 11.5. The highest BCUT2D eigenvalue weighted by Gasteiger charge is 2.07. The fraction of sp³-hybridized carbons (Fsp3) is 0.267. The van der Waals surface area contributed by atoms with E-state index in [1.165, 1.54) is 0 Å². The van der Waals surface area contributed by atoms with Crippen LogP contribution >= 0.6 is 0 Å². The summed E-state index contributed by atoms with van der Waals surface area (Å²) >= 11 is 0. The summed E-state index contributed by atoms with van der Waals surface area (Å²) in [5.41, 5.74) is 2.14. The average Bonchev–Trinajstić information content (AvgIpc) is 2.84. The third-order valence-electron chi connectivity index (χ3n) is 2.98. The Kier molecular flexibility index (Phi) is 4.09. The van der Waals surface area contributed by atoms with Crippen LogP contribution in [0, 0.1) is 12.3 Å². The Morgan fingerprint density at radius 1 is 1.53 bits per heavy atom. The van der Waals surface area contributed by atoms with Crippen molar-refractivity contribution in [2.75, 3.05) is 13.7 Å². The van der Waals surface area contributed by atoms with Gasteiger partial charge in [0.15, 0.2) is 0 Å². The number of benzene rings is 1. The summed E-state index contributed by atoms with van der Waals surface area (Å²) in [5, 5.41) is 3.74. The normalized spacial score (nSPS) is 10.1. The first-order valence-corrected chi connectivity index (χ1v) is 6.08. The molecule has 0 aliphatic carbocycles. The number of hydrogen-bond acceptors (Lipinski definition) is 2. The molecule has 0 fully saturated rings. The van der Waals surface area contributed by atoms with Crippen molar-refractivity contribution in [3.8, 4) is 18.1 Å². The molecule has 19 heavy (non-hydrogen) atoms. The number of rotatable bonds is 5. The van der Waals surface area contributed by atoms with Crippen molar-refractivity contribution in [3.63, 3.8) is 0 Å². The van der Waals surface area contributed by atoms with E-state index in [-0.39, 0.29) is 12.5 Å². The van der Waals surface area contributed by atoms with Crippen LogP contribution < -0.4 is 10.1 Å². The number of carbonyl (C=O) groups excluding carboxylic acids is 1. The number of ether oxygens (including phenoxy) is 1. The smallest absolute Gasteiger partial charge is 0.221 e. The minimum Gasteiger partial charge on any atom is -0.497 e. The molecule has 0 unspecified atom stereocenters. The lowest BCUT2D eigenvalue weighted by molar-refractivity contribution is -0.120. The molecular formula is C15H16N2O2. The van der Waals surface area contributed by atoms with Gasteiger partial charge in [0, 0.05) is 23.5 Å². The third kappa shape index (κ3) is 3.08. The Morgan fingerprint density at radius 2 is 2.37 bits per heavy atom. The molecule has 1 aromatic carbocycles. The van der Waals surface area contributed by atoms with Crippen molar-refractivity contribution < 1.29 is 9.53 Å². The maximum absolute atomic E-state index is 11.5. The number of fused-ring (bicyclic) bond motifs is 1. The molecule has 0 radical (unpaired) electrons. The number of terminal acetylenes is 1. The summed E-state index contributed by atoms with van der Waals surface area (Å²) in [6.07, 6.45) is 8.11. The minimum absolute atomic E-state index is 0.0322. The number of H-pyrrole nitrogens is 1. The van der Waals surface area contributed by atoms with Gasteiger partial charge in [-0.1, -0.05) is 5.92 Å². The molecule has 1 amide bonds. The van der Waals surface area contributed by atoms with Crippen LogP contribution in [-0.4, -0.2) is 24.5 Å². The van der Waals surface area contributed by atoms with Crippen LogP contribution in [0.2, 0.25) is 0 Å². The van der Waals surface area contributed by atoms with E-state index in [0.717, 1.165) is 22.2 Å². The van der Waals surface area contributed by atoms with Crippen LogP contribution in [0.25, 0.3) is 10.9 Å². The first-order valence-electron chi connectivity index (χ1n) is 6.08. The van der Waals surface area contributed by atoms with Crippen molar-refractivity contribution in [2.45, 2.75) is 12.8 Å². The molecule has 1 aromatic heterocycles. The van der Waals surface area contributed by atoms with E-state index in [2.05, 4.69) is 16.2 Å². The second kappa shape index (κ2) is 5.96. The lowest BCUT2D eigenvalue weighted by Gasteiger charge is -2.02. The van der Waals surface area contributed by atoms with Crippen LogP contribution in [0.1, 0.15) is 12.0 Å². The summed E-state index contributed by atoms with van der Waals surface area (Å²) in [6.45, 7) is 0.278. The second-order valence-electron chi connectivity index (χ2n) is 4.21. The van der Waals surface area contributed by atoms with Gasteiger partial charge in [0.05, 0.1) is 13.7 Å². The van der Waals surface area contributed by atoms with Crippen molar-refractivity contribution in [1.82, 2.24) is 10.3 Å². The van der Waals surface area contributed by atoms with E-state index in [0.29, 0.717) is 12.8 Å². The molecule has 2 N–H and O–H groups in total. The largest absolute Gasteiger partial charge is 0.497 e. The van der Waals surface area contributed by atoms with Crippen molar-refractivity contribution in [3.05, 3.63) is 30.0 Å². The van der Waals surface area contributed by atoms with Gasteiger partial charge >= 0.3 is 0 Å². The fourth-order valence-electron chi connectivity index (χ4n) is 1.98. The highest BCUT2D eigenvalue weighted by atomic mass is 16.5. The van der Waals surface area contributed by atoms with Gasteiger partial charge in [0.25, 0.3) is 0 Å². The van der Waals surface area contributed by atoms with Gasteiger partial charge in [-0.05, 0) is 30.2 Å². The van der Waals surface area contributed by atoms with Crippen LogP contribution in [0.15, 0.2) is 24.4 Å². The molecule has 0 saturated heterocycles. The molecule has 0 bridgehead atoms. The zero-order valence-electron chi connectivity index (χ0n) is 10.8. The molecule has 0 saturated carbocycles. The number of amides is 1. The standard InChI is InChI=1S/C15H16N2O2/c1-3-8-16-15(18)7-4-11-10-17-14-6-5-12(19-2)9-13(11)14/h1,5-6,9-10,17H,4,7-8H2,2H3,(H,16,18). The predicted molar refractivity (Wildman–Crippen MR) is 75.0 cm³/mol. The van der Waals surface area contributed by atoms with E-state index in [1.807, 2.05) is 24.4 Å². The molecule has 2 aromatic rings. The number of methoxy groups -OCH3 is 1. The number of nitrogens with one attached hydrogen (secondary N) is 2. The molecule has 2 rings (SSSR count). The summed E-state index contributed by atoms with van der Waals surface area (Å²) in [4.78, 5) is 14.7. The lowest BCUT2D eigenvalue weighted by Crippen LogP contribution is -2.23. The molecule has 4 heteroatoms. The van der Waals surface area contributed by atoms with Crippen LogP contribution in [0.5, 0.6) is 5.75 Å². The third-order valence-corrected chi connectivity index (χ3v) is 2.98. The summed E-state index contributed by atoms with van der Waals surface area (Å²) in [5.74, 6) is 3.16. The quantitative estimate of drug-likeness (QED) is 0.802. The fourth-order valence-corrected chi connectivity index (χ4v) is 1.98. The lowest BCUT2D eigenvalue weighted by atomic mass is 10.1. The molecule has 98 valence electrons. The first kappa shape index (κ1) is 13.0. The van der Waals surface area contributed by atoms with Gasteiger partial charge in [-0.2, -0.15) is 0 Å². The maximum Gasteiger partial charge on any atom is 0.221 e. The number of aromatic nitrogens is 1. The Morgan fingerprint density at radius 3 is 3.11 bits per heavy atom. The molecule has 0 aliphatic rings. The number of hydrogen-bond donors (Lipinski definition) is 2. The highest BCUT2D eigenvalue weighted by Crippen LogP contribution is 2.24. The monoisotopic (exact) mass is 256 g/mol. The van der Waals surface area contributed by atoms with Crippen molar-refractivity contribution >= 4 is 16.8 Å². The Hall–Kier alpha value is -2.41. The molecule has 4 nitrogen and oxygen atoms in total. The van der Waals surface area contributed by atoms with Gasteiger partial charge in [-0.3, -0.25) is 4.79 Å². The topological polar surface area (TPSA) is 54.1 Å². The van der Waals surface area contributed by atoms with E-state index >= 15 is 0 Å². The van der Waals surface area contributed by atoms with Gasteiger partial charge < -0.3 is 15.0 Å². The Balaban J connectivity index is 2.08. The highest BCUT2D eigenvalue weighted by molar-refractivity contribution is 5.85. The minimum atomic E-state index is -0.0322. The van der Waals surface area contributed by atoms with Gasteiger partial charge in [0.2, 0.25) is 5.91 Å². The number of aryl methyl sites for hydroxylation is 1. The second-order valence-corrected chi connectivity index (χ2v) is 4.21. The molecule has 0 spiro atoms. The zero-order valence-corrected chi connectivity index (χ0v) is 10.8. The Labute approximate surface area is 112 Å². The first-order chi connectivity index (χ1) is 9.24. The van der Waals surface area contributed by atoms with Gasteiger partial charge in [-0.25, -0.2) is 0 Å². The average molecular weight is 256 g/mol. The molecule has 1 heterocycles. The number of aromatic amines is 1. The zero-order chi connectivity index (χ0) is 13.7. The summed E-state index contributed by atoms with van der Waals surface area (Å²) < 4.78 is 5.21. The van der Waals surface area contributed by atoms with E-state index in [4.69, 9.17) is 11.2 Å². The van der Waals surface area contributed by atoms with Crippen LogP contribution in [0.4, 0.5) is 0 Å². The molecular weight excluding hydrogens is 240 g/mol. The Bertz CT molecular complexity index is 623. The van der Waals surface area contributed by atoms with E-state index < -0.39 is 0 Å². The van der Waals surface area contributed by atoms with E-state index in [1.54, 1.807) is 7.11 Å². The number of carbonyl (C=O) groups is 1. The van der Waals surface area contributed by atoms with Gasteiger partial charge in [-0.15, -0.1) is 6.42 Å². The van der Waals surface area contributed by atoms with Crippen molar-refractivity contribution in [1.29, 1.82) is 0 Å². The van der Waals surface area contributed by atoms with Crippen molar-refractivity contribution in [2.24, 2.45) is 0 Å². The van der Waals surface area contributed by atoms with Crippen LogP contribution in [0.3, 0.4) is 0 Å².